The fourth-order valence-corrected chi connectivity index (χ4v) is 9.39. The van der Waals surface area contributed by atoms with Crippen LogP contribution in [0.4, 0.5) is 0 Å². The Morgan fingerprint density at radius 1 is 1.00 bits per heavy atom. The average molecular weight is 482 g/mol. The highest BCUT2D eigenvalue weighted by molar-refractivity contribution is 5.79. The molecule has 2 heterocycles. The Morgan fingerprint density at radius 3 is 2.20 bits per heavy atom. The monoisotopic (exact) mass is 481 g/mol. The van der Waals surface area contributed by atoms with Gasteiger partial charge in [0.05, 0.1) is 7.11 Å². The van der Waals surface area contributed by atoms with Gasteiger partial charge in [-0.1, -0.05) is 12.1 Å². The van der Waals surface area contributed by atoms with E-state index in [2.05, 4.69) is 4.90 Å². The molecule has 6 fully saturated rings. The van der Waals surface area contributed by atoms with Crippen molar-refractivity contribution in [3.8, 4) is 11.5 Å². The number of aliphatic hydroxyl groups is 1. The van der Waals surface area contributed by atoms with Crippen LogP contribution >= 0.6 is 0 Å². The molecule has 0 amide bonds. The van der Waals surface area contributed by atoms with Gasteiger partial charge in [0.25, 0.3) is 0 Å². The number of hydrogen-bond acceptors (Lipinski definition) is 5. The van der Waals surface area contributed by atoms with Gasteiger partial charge < -0.3 is 14.6 Å². The second-order valence-corrected chi connectivity index (χ2v) is 12.9. The molecule has 6 aliphatic rings. The lowest BCUT2D eigenvalue weighted by Crippen LogP contribution is -2.48. The molecule has 6 bridgehead atoms. The molecule has 1 aromatic rings. The van der Waals surface area contributed by atoms with Gasteiger partial charge in [0, 0.05) is 31.5 Å². The van der Waals surface area contributed by atoms with Crippen LogP contribution in [-0.4, -0.2) is 54.2 Å². The summed E-state index contributed by atoms with van der Waals surface area (Å²) in [6.07, 6.45) is 14.1. The molecule has 0 aromatic heterocycles. The van der Waals surface area contributed by atoms with Crippen molar-refractivity contribution in [2.75, 3.05) is 20.3 Å². The molecular weight excluding hydrogens is 438 g/mol. The zero-order valence-corrected chi connectivity index (χ0v) is 21.4. The normalized spacial score (nSPS) is 38.5. The summed E-state index contributed by atoms with van der Waals surface area (Å²) in [5, 5.41) is 10.7. The van der Waals surface area contributed by atoms with E-state index in [0.29, 0.717) is 47.2 Å². The Kier molecular flexibility index (Phi) is 6.59. The summed E-state index contributed by atoms with van der Waals surface area (Å²) in [5.74, 6) is 5.22. The van der Waals surface area contributed by atoms with Gasteiger partial charge in [-0.05, 0) is 105 Å². The maximum atomic E-state index is 13.3. The van der Waals surface area contributed by atoms with Gasteiger partial charge in [-0.3, -0.25) is 9.69 Å². The first-order chi connectivity index (χ1) is 17.0. The van der Waals surface area contributed by atoms with E-state index < -0.39 is 6.10 Å². The first-order valence-corrected chi connectivity index (χ1v) is 14.2. The minimum absolute atomic E-state index is 0.267. The SMILES string of the molecule is COc1ccccc1OCC(O)CN1[C@@H]2CC[C@H]1CC(CC(=O)CC13CC4CC(CC(C4)C1)C3)C2. The number of carbonyl (C=O) groups excluding carboxylic acids is 1. The maximum Gasteiger partial charge on any atom is 0.161 e. The van der Waals surface area contributed by atoms with Crippen LogP contribution in [0.5, 0.6) is 11.5 Å². The van der Waals surface area contributed by atoms with E-state index in [0.717, 1.165) is 43.4 Å². The molecule has 2 unspecified atom stereocenters. The summed E-state index contributed by atoms with van der Waals surface area (Å²) in [4.78, 5) is 15.8. The van der Waals surface area contributed by atoms with Crippen LogP contribution in [0.1, 0.15) is 77.0 Å². The molecule has 0 radical (unpaired) electrons. The topological polar surface area (TPSA) is 59.0 Å². The molecule has 4 aliphatic carbocycles. The predicted molar refractivity (Wildman–Crippen MR) is 136 cm³/mol. The molecule has 192 valence electrons. The molecule has 1 aromatic carbocycles. The van der Waals surface area contributed by atoms with Crippen LogP contribution in [0.25, 0.3) is 0 Å². The molecule has 4 saturated carbocycles. The van der Waals surface area contributed by atoms with Gasteiger partial charge in [0.2, 0.25) is 0 Å². The van der Waals surface area contributed by atoms with Crippen molar-refractivity contribution in [2.45, 2.75) is 95.2 Å². The fraction of sp³-hybridized carbons (Fsp3) is 0.767. The van der Waals surface area contributed by atoms with Crippen molar-refractivity contribution >= 4 is 5.78 Å². The first kappa shape index (κ1) is 23.8. The highest BCUT2D eigenvalue weighted by Crippen LogP contribution is 2.61. The van der Waals surface area contributed by atoms with E-state index in [9.17, 15) is 9.90 Å². The van der Waals surface area contributed by atoms with Crippen LogP contribution in [0.15, 0.2) is 24.3 Å². The number of piperidine rings is 1. The van der Waals surface area contributed by atoms with Gasteiger partial charge in [0.1, 0.15) is 18.5 Å². The Balaban J connectivity index is 0.985. The van der Waals surface area contributed by atoms with Crippen molar-refractivity contribution in [1.82, 2.24) is 4.90 Å². The number of benzene rings is 1. The van der Waals surface area contributed by atoms with Crippen molar-refractivity contribution in [3.05, 3.63) is 24.3 Å². The number of aliphatic hydroxyl groups excluding tert-OH is 1. The quantitative estimate of drug-likeness (QED) is 0.495. The highest BCUT2D eigenvalue weighted by Gasteiger charge is 2.51. The minimum atomic E-state index is -0.530. The van der Waals surface area contributed by atoms with Crippen molar-refractivity contribution in [3.63, 3.8) is 0 Å². The van der Waals surface area contributed by atoms with E-state index in [1.807, 2.05) is 24.3 Å². The van der Waals surface area contributed by atoms with E-state index >= 15 is 0 Å². The van der Waals surface area contributed by atoms with Crippen LogP contribution in [0.2, 0.25) is 0 Å². The summed E-state index contributed by atoms with van der Waals surface area (Å²) in [7, 11) is 1.63. The number of nitrogens with zero attached hydrogens (tertiary/aromatic N) is 1. The summed E-state index contributed by atoms with van der Waals surface area (Å²) < 4.78 is 11.2. The molecule has 4 atom stereocenters. The van der Waals surface area contributed by atoms with E-state index in [-0.39, 0.29) is 6.61 Å². The van der Waals surface area contributed by atoms with Crippen LogP contribution in [0.3, 0.4) is 0 Å². The second-order valence-electron chi connectivity index (χ2n) is 12.9. The zero-order valence-electron chi connectivity index (χ0n) is 21.4. The summed E-state index contributed by atoms with van der Waals surface area (Å²) in [5.41, 5.74) is 0.372. The molecule has 1 N–H and O–H groups in total. The van der Waals surface area contributed by atoms with Gasteiger partial charge in [-0.2, -0.15) is 0 Å². The first-order valence-electron chi connectivity index (χ1n) is 14.2. The smallest absolute Gasteiger partial charge is 0.161 e. The lowest BCUT2D eigenvalue weighted by Gasteiger charge is -2.56. The lowest BCUT2D eigenvalue weighted by atomic mass is 9.48. The van der Waals surface area contributed by atoms with Crippen molar-refractivity contribution in [2.24, 2.45) is 29.1 Å². The summed E-state index contributed by atoms with van der Waals surface area (Å²) in [6, 6.07) is 8.59. The van der Waals surface area contributed by atoms with Gasteiger partial charge >= 0.3 is 0 Å². The molecule has 5 nitrogen and oxygen atoms in total. The van der Waals surface area contributed by atoms with E-state index in [4.69, 9.17) is 9.47 Å². The summed E-state index contributed by atoms with van der Waals surface area (Å²) >= 11 is 0. The van der Waals surface area contributed by atoms with Crippen LogP contribution in [-0.2, 0) is 4.79 Å². The van der Waals surface area contributed by atoms with Crippen LogP contribution < -0.4 is 9.47 Å². The molecule has 5 heteroatoms. The largest absolute Gasteiger partial charge is 0.493 e. The number of ketones is 1. The Labute approximate surface area is 210 Å². The number of ether oxygens (including phenoxy) is 2. The molecule has 2 saturated heterocycles. The number of Topliss-reactive ketones (excluding diaryl/α,β-unsaturated/α-hetero) is 1. The van der Waals surface area contributed by atoms with Crippen LogP contribution in [0, 0.1) is 29.1 Å². The number of para-hydroxylation sites is 2. The van der Waals surface area contributed by atoms with Gasteiger partial charge in [-0.15, -0.1) is 0 Å². The number of carbonyl (C=O) groups is 1. The number of rotatable bonds is 10. The van der Waals surface area contributed by atoms with Crippen molar-refractivity contribution < 1.29 is 19.4 Å². The molecular formula is C30H43NO4. The molecule has 7 rings (SSSR count). The minimum Gasteiger partial charge on any atom is -0.493 e. The zero-order chi connectivity index (χ0) is 24.0. The van der Waals surface area contributed by atoms with Gasteiger partial charge in [-0.25, -0.2) is 0 Å². The second kappa shape index (κ2) is 9.70. The molecule has 35 heavy (non-hydrogen) atoms. The van der Waals surface area contributed by atoms with E-state index in [1.54, 1.807) is 7.11 Å². The Morgan fingerprint density at radius 2 is 1.60 bits per heavy atom. The Hall–Kier alpha value is -1.59. The van der Waals surface area contributed by atoms with Crippen molar-refractivity contribution in [1.29, 1.82) is 0 Å². The third-order valence-electron chi connectivity index (χ3n) is 10.2. The Bertz CT molecular complexity index is 866. The molecule has 2 aliphatic heterocycles. The molecule has 0 spiro atoms. The predicted octanol–water partition coefficient (Wildman–Crippen LogP) is 5.24. The maximum absolute atomic E-state index is 13.3. The standard InChI is InChI=1S/C30H43NO4/c1-34-28-4-2-3-5-29(28)35-19-27(33)18-31-24-6-7-25(31)12-20(11-24)13-26(32)17-30-14-21-8-22(15-30)10-23(9-21)16-30/h2-5,20-25,27,33H,6-19H2,1H3/t20?,21?,22?,23?,24-,25+,27?,30?. The highest BCUT2D eigenvalue weighted by atomic mass is 16.5. The number of hydrogen-bond donors (Lipinski definition) is 1. The van der Waals surface area contributed by atoms with E-state index in [1.165, 1.54) is 51.4 Å². The number of fused-ring (bicyclic) bond motifs is 2. The lowest BCUT2D eigenvalue weighted by molar-refractivity contribution is -0.128. The fourth-order valence-electron chi connectivity index (χ4n) is 9.39. The van der Waals surface area contributed by atoms with Gasteiger partial charge in [0.15, 0.2) is 11.5 Å². The third-order valence-corrected chi connectivity index (χ3v) is 10.2. The number of methoxy groups -OCH3 is 1. The summed E-state index contributed by atoms with van der Waals surface area (Å²) in [6.45, 7) is 0.918. The third kappa shape index (κ3) is 5.00. The average Bonchev–Trinajstić information content (AvgIpc) is 3.04.